The lowest BCUT2D eigenvalue weighted by Crippen LogP contribution is -2.39. The summed E-state index contributed by atoms with van der Waals surface area (Å²) in [4.78, 5) is 9.49. The molecule has 1 aromatic carbocycles. The highest BCUT2D eigenvalue weighted by Crippen LogP contribution is 2.35. The van der Waals surface area contributed by atoms with E-state index in [2.05, 4.69) is 44.4 Å². The molecule has 1 N–H and O–H groups in total. The van der Waals surface area contributed by atoms with E-state index in [1.54, 1.807) is 0 Å². The zero-order valence-electron chi connectivity index (χ0n) is 17.1. The summed E-state index contributed by atoms with van der Waals surface area (Å²) in [6, 6.07) is 9.03. The fourth-order valence-corrected chi connectivity index (χ4v) is 4.87. The van der Waals surface area contributed by atoms with Gasteiger partial charge in [-0.05, 0) is 35.8 Å². The minimum absolute atomic E-state index is 0. The molecule has 0 bridgehead atoms. The van der Waals surface area contributed by atoms with E-state index in [9.17, 15) is 0 Å². The average Bonchev–Trinajstić information content (AvgIpc) is 3.14. The van der Waals surface area contributed by atoms with Gasteiger partial charge in [0, 0.05) is 46.3 Å². The third-order valence-corrected chi connectivity index (χ3v) is 6.47. The van der Waals surface area contributed by atoms with E-state index in [1.165, 1.54) is 49.9 Å². The van der Waals surface area contributed by atoms with Crippen LogP contribution in [0.15, 0.2) is 29.3 Å². The molecule has 0 amide bonds. The van der Waals surface area contributed by atoms with E-state index >= 15 is 0 Å². The van der Waals surface area contributed by atoms with E-state index in [1.807, 2.05) is 7.05 Å². The van der Waals surface area contributed by atoms with Crippen LogP contribution < -0.4 is 5.32 Å². The molecule has 28 heavy (non-hydrogen) atoms. The molecule has 3 fully saturated rings. The second kappa shape index (κ2) is 10.8. The molecule has 156 valence electrons. The van der Waals surface area contributed by atoms with Crippen molar-refractivity contribution in [1.82, 2.24) is 15.1 Å². The number of hydrogen-bond acceptors (Lipinski definition) is 3. The van der Waals surface area contributed by atoms with Crippen molar-refractivity contribution in [3.63, 3.8) is 0 Å². The first kappa shape index (κ1) is 21.8. The van der Waals surface area contributed by atoms with Gasteiger partial charge in [0.25, 0.3) is 0 Å². The molecule has 1 aliphatic carbocycles. The van der Waals surface area contributed by atoms with Gasteiger partial charge in [-0.1, -0.05) is 37.1 Å². The molecule has 2 heterocycles. The highest BCUT2D eigenvalue weighted by molar-refractivity contribution is 14.0. The lowest BCUT2D eigenvalue weighted by atomic mass is 9.82. The van der Waals surface area contributed by atoms with Gasteiger partial charge >= 0.3 is 0 Å². The molecule has 2 unspecified atom stereocenters. The second-order valence-electron chi connectivity index (χ2n) is 8.32. The van der Waals surface area contributed by atoms with Crippen LogP contribution in [-0.2, 0) is 17.8 Å². The van der Waals surface area contributed by atoms with Gasteiger partial charge in [0.2, 0.25) is 0 Å². The van der Waals surface area contributed by atoms with Crippen molar-refractivity contribution in [3.8, 4) is 0 Å². The van der Waals surface area contributed by atoms with Crippen molar-refractivity contribution >= 4 is 29.9 Å². The smallest absolute Gasteiger partial charge is 0.193 e. The first-order valence-corrected chi connectivity index (χ1v) is 10.7. The molecule has 3 aliphatic rings. The number of morpholine rings is 1. The van der Waals surface area contributed by atoms with Gasteiger partial charge < -0.3 is 15.0 Å². The van der Waals surface area contributed by atoms with Crippen molar-refractivity contribution in [3.05, 3.63) is 35.4 Å². The van der Waals surface area contributed by atoms with Crippen LogP contribution in [0.4, 0.5) is 0 Å². The average molecular weight is 498 g/mol. The molecule has 0 aromatic heterocycles. The first-order valence-electron chi connectivity index (χ1n) is 10.7. The predicted molar refractivity (Wildman–Crippen MR) is 125 cm³/mol. The molecule has 2 saturated heterocycles. The van der Waals surface area contributed by atoms with E-state index in [-0.39, 0.29) is 24.0 Å². The second-order valence-corrected chi connectivity index (χ2v) is 8.32. The number of ether oxygens (including phenoxy) is 1. The fourth-order valence-electron chi connectivity index (χ4n) is 4.87. The standard InChI is InChI=1S/C22H34N4O.HI/c1-23-22(26-16-20-4-2-3-5-21(20)17-26)24-14-18-6-8-19(9-7-18)15-25-10-12-27-13-11-25;/h6-9,20-21H,2-5,10-17H2,1H3,(H,23,24);1H. The number of likely N-dealkylation sites (tertiary alicyclic amines) is 1. The number of guanidine groups is 1. The van der Waals surface area contributed by atoms with Gasteiger partial charge in [-0.15, -0.1) is 24.0 Å². The summed E-state index contributed by atoms with van der Waals surface area (Å²) < 4.78 is 5.43. The summed E-state index contributed by atoms with van der Waals surface area (Å²) in [5.74, 6) is 2.84. The quantitative estimate of drug-likeness (QED) is 0.393. The highest BCUT2D eigenvalue weighted by Gasteiger charge is 2.35. The number of aliphatic imine (C=N–C) groups is 1. The van der Waals surface area contributed by atoms with Gasteiger partial charge in [-0.25, -0.2) is 0 Å². The molecule has 6 heteroatoms. The largest absolute Gasteiger partial charge is 0.379 e. The number of nitrogens with zero attached hydrogens (tertiary/aromatic N) is 3. The zero-order chi connectivity index (χ0) is 18.5. The molecule has 0 radical (unpaired) electrons. The van der Waals surface area contributed by atoms with Crippen molar-refractivity contribution in [2.24, 2.45) is 16.8 Å². The third kappa shape index (κ3) is 5.60. The van der Waals surface area contributed by atoms with Crippen LogP contribution in [0.1, 0.15) is 36.8 Å². The number of fused-ring (bicyclic) bond motifs is 1. The monoisotopic (exact) mass is 498 g/mol. The Morgan fingerprint density at radius 3 is 2.25 bits per heavy atom. The molecular formula is C22H35IN4O. The van der Waals surface area contributed by atoms with Gasteiger partial charge in [-0.3, -0.25) is 9.89 Å². The summed E-state index contributed by atoms with van der Waals surface area (Å²) in [6.45, 7) is 8.03. The van der Waals surface area contributed by atoms with E-state index < -0.39 is 0 Å². The Kier molecular flexibility index (Phi) is 8.41. The number of benzene rings is 1. The van der Waals surface area contributed by atoms with Crippen LogP contribution >= 0.6 is 24.0 Å². The van der Waals surface area contributed by atoms with Gasteiger partial charge in [0.15, 0.2) is 5.96 Å². The third-order valence-electron chi connectivity index (χ3n) is 6.47. The lowest BCUT2D eigenvalue weighted by Gasteiger charge is -2.26. The van der Waals surface area contributed by atoms with Crippen LogP contribution in [0.3, 0.4) is 0 Å². The van der Waals surface area contributed by atoms with Crippen molar-refractivity contribution < 1.29 is 4.74 Å². The van der Waals surface area contributed by atoms with Crippen molar-refractivity contribution in [1.29, 1.82) is 0 Å². The lowest BCUT2D eigenvalue weighted by molar-refractivity contribution is 0.0342. The fraction of sp³-hybridized carbons (Fsp3) is 0.682. The summed E-state index contributed by atoms with van der Waals surface area (Å²) >= 11 is 0. The Morgan fingerprint density at radius 2 is 1.64 bits per heavy atom. The SMILES string of the molecule is CN=C(NCc1ccc(CN2CCOCC2)cc1)N1CC2CCCCC2C1.I. The molecule has 0 spiro atoms. The Bertz CT molecular complexity index is 616. The van der Waals surface area contributed by atoms with Crippen molar-refractivity contribution in [2.45, 2.75) is 38.8 Å². The maximum atomic E-state index is 5.43. The molecule has 1 saturated carbocycles. The molecular weight excluding hydrogens is 463 g/mol. The topological polar surface area (TPSA) is 40.1 Å². The zero-order valence-corrected chi connectivity index (χ0v) is 19.4. The molecule has 2 atom stereocenters. The van der Waals surface area contributed by atoms with Gasteiger partial charge in [0.1, 0.15) is 0 Å². The molecule has 5 nitrogen and oxygen atoms in total. The Labute approximate surface area is 186 Å². The summed E-state index contributed by atoms with van der Waals surface area (Å²) in [7, 11) is 1.91. The minimum Gasteiger partial charge on any atom is -0.379 e. The van der Waals surface area contributed by atoms with Crippen LogP contribution in [0.5, 0.6) is 0 Å². The molecule has 1 aromatic rings. The van der Waals surface area contributed by atoms with Crippen LogP contribution in [0, 0.1) is 11.8 Å². The van der Waals surface area contributed by atoms with Crippen LogP contribution in [0.25, 0.3) is 0 Å². The Morgan fingerprint density at radius 1 is 1.04 bits per heavy atom. The van der Waals surface area contributed by atoms with Crippen LogP contribution in [-0.4, -0.2) is 62.2 Å². The maximum absolute atomic E-state index is 5.43. The highest BCUT2D eigenvalue weighted by atomic mass is 127. The van der Waals surface area contributed by atoms with Gasteiger partial charge in [0.05, 0.1) is 13.2 Å². The minimum atomic E-state index is 0. The first-order chi connectivity index (χ1) is 13.3. The predicted octanol–water partition coefficient (Wildman–Crippen LogP) is 3.33. The van der Waals surface area contributed by atoms with E-state index in [0.717, 1.165) is 57.2 Å². The molecule has 4 rings (SSSR count). The Hall–Kier alpha value is -0.860. The Balaban J connectivity index is 0.00000225. The maximum Gasteiger partial charge on any atom is 0.193 e. The molecule has 2 aliphatic heterocycles. The van der Waals surface area contributed by atoms with Crippen LogP contribution in [0.2, 0.25) is 0 Å². The van der Waals surface area contributed by atoms with Crippen molar-refractivity contribution in [2.75, 3.05) is 46.4 Å². The number of nitrogens with one attached hydrogen (secondary N) is 1. The number of rotatable bonds is 4. The van der Waals surface area contributed by atoms with E-state index in [4.69, 9.17) is 4.74 Å². The number of hydrogen-bond donors (Lipinski definition) is 1. The number of halogens is 1. The van der Waals surface area contributed by atoms with E-state index in [0.29, 0.717) is 0 Å². The van der Waals surface area contributed by atoms with Gasteiger partial charge in [-0.2, -0.15) is 0 Å². The summed E-state index contributed by atoms with van der Waals surface area (Å²) in [5.41, 5.74) is 2.70. The summed E-state index contributed by atoms with van der Waals surface area (Å²) in [6.07, 6.45) is 5.64. The summed E-state index contributed by atoms with van der Waals surface area (Å²) in [5, 5.41) is 3.59. The normalized spacial score (nSPS) is 25.9.